The molecule has 0 spiro atoms. The quantitative estimate of drug-likeness (QED) is 0.633. The van der Waals surface area contributed by atoms with E-state index in [0.29, 0.717) is 11.3 Å². The summed E-state index contributed by atoms with van der Waals surface area (Å²) in [4.78, 5) is 11.9. The normalized spacial score (nSPS) is 11.1. The predicted molar refractivity (Wildman–Crippen MR) is 111 cm³/mol. The number of para-hydroxylation sites is 1. The van der Waals surface area contributed by atoms with Crippen LogP contribution in [0, 0.1) is 6.92 Å². The van der Waals surface area contributed by atoms with E-state index in [-0.39, 0.29) is 22.7 Å². The van der Waals surface area contributed by atoms with Crippen molar-refractivity contribution in [1.29, 1.82) is 0 Å². The number of carboxylic acids is 1. The third kappa shape index (κ3) is 4.25. The molecule has 3 rings (SSSR count). The molecule has 0 aromatic heterocycles. The molecule has 0 amide bonds. The van der Waals surface area contributed by atoms with Crippen LogP contribution in [0.25, 0.3) is 0 Å². The highest BCUT2D eigenvalue weighted by atomic mass is 32.2. The lowest BCUT2D eigenvalue weighted by atomic mass is 10.1. The molecule has 7 heteroatoms. The fourth-order valence-corrected chi connectivity index (χ4v) is 4.61. The van der Waals surface area contributed by atoms with Crippen LogP contribution in [0.2, 0.25) is 0 Å². The molecule has 0 radical (unpaired) electrons. The Labute approximate surface area is 170 Å². The maximum absolute atomic E-state index is 13.6. The average Bonchev–Trinajstić information content (AvgIpc) is 2.73. The van der Waals surface area contributed by atoms with Crippen molar-refractivity contribution >= 4 is 21.7 Å². The first kappa shape index (κ1) is 20.4. The van der Waals surface area contributed by atoms with E-state index < -0.39 is 16.0 Å². The van der Waals surface area contributed by atoms with E-state index in [1.54, 1.807) is 43.3 Å². The molecule has 29 heavy (non-hydrogen) atoms. The number of benzene rings is 3. The van der Waals surface area contributed by atoms with Gasteiger partial charge in [-0.05, 0) is 48.4 Å². The molecule has 0 unspecified atom stereocenters. The van der Waals surface area contributed by atoms with Crippen molar-refractivity contribution in [3.8, 4) is 5.75 Å². The number of carboxylic acid groups (broad SMARTS) is 1. The number of aromatic carboxylic acids is 1. The van der Waals surface area contributed by atoms with E-state index in [1.165, 1.54) is 25.3 Å². The predicted octanol–water partition coefficient (Wildman–Crippen LogP) is 4.10. The molecule has 3 aromatic rings. The third-order valence-corrected chi connectivity index (χ3v) is 6.29. The first-order valence-electron chi connectivity index (χ1n) is 8.88. The minimum atomic E-state index is -4.04. The molecule has 0 atom stereocenters. The van der Waals surface area contributed by atoms with Gasteiger partial charge in [-0.1, -0.05) is 42.5 Å². The minimum Gasteiger partial charge on any atom is -0.497 e. The highest BCUT2D eigenvalue weighted by molar-refractivity contribution is 7.92. The van der Waals surface area contributed by atoms with Crippen molar-refractivity contribution in [1.82, 2.24) is 0 Å². The monoisotopic (exact) mass is 411 g/mol. The van der Waals surface area contributed by atoms with Gasteiger partial charge in [0.05, 0.1) is 29.8 Å². The zero-order chi connectivity index (χ0) is 21.0. The summed E-state index contributed by atoms with van der Waals surface area (Å²) in [7, 11) is -2.54. The molecule has 0 fully saturated rings. The Morgan fingerprint density at radius 1 is 0.966 bits per heavy atom. The first-order valence-corrected chi connectivity index (χ1v) is 10.3. The summed E-state index contributed by atoms with van der Waals surface area (Å²) in [6.07, 6.45) is 0. The van der Waals surface area contributed by atoms with E-state index in [2.05, 4.69) is 0 Å². The van der Waals surface area contributed by atoms with Gasteiger partial charge in [0.25, 0.3) is 10.0 Å². The SMILES string of the molecule is COc1ccc(S(=O)(=O)N(Cc2ccccc2)c2c(C)cccc2C(=O)O)cc1. The van der Waals surface area contributed by atoms with Gasteiger partial charge >= 0.3 is 5.97 Å². The summed E-state index contributed by atoms with van der Waals surface area (Å²) in [5.41, 5.74) is 1.37. The topological polar surface area (TPSA) is 83.9 Å². The molecule has 0 aliphatic rings. The number of aryl methyl sites for hydroxylation is 1. The highest BCUT2D eigenvalue weighted by Crippen LogP contribution is 2.32. The van der Waals surface area contributed by atoms with Crippen LogP contribution >= 0.6 is 0 Å². The number of rotatable bonds is 7. The van der Waals surface area contributed by atoms with E-state index in [9.17, 15) is 18.3 Å². The molecule has 150 valence electrons. The van der Waals surface area contributed by atoms with Crippen LogP contribution in [0.15, 0.2) is 77.7 Å². The average molecular weight is 411 g/mol. The van der Waals surface area contributed by atoms with E-state index >= 15 is 0 Å². The fourth-order valence-electron chi connectivity index (χ4n) is 3.07. The van der Waals surface area contributed by atoms with Gasteiger partial charge in [-0.25, -0.2) is 13.2 Å². The van der Waals surface area contributed by atoms with Crippen LogP contribution in [0.4, 0.5) is 5.69 Å². The maximum Gasteiger partial charge on any atom is 0.337 e. The standard InChI is InChI=1S/C22H21NO5S/c1-16-7-6-10-20(22(24)25)21(16)23(15-17-8-4-3-5-9-17)29(26,27)19-13-11-18(28-2)12-14-19/h3-14H,15H2,1-2H3,(H,24,25). The number of nitrogens with zero attached hydrogens (tertiary/aromatic N) is 1. The van der Waals surface area contributed by atoms with Crippen molar-refractivity contribution in [2.24, 2.45) is 0 Å². The van der Waals surface area contributed by atoms with Crippen LogP contribution < -0.4 is 9.04 Å². The number of sulfonamides is 1. The van der Waals surface area contributed by atoms with Crippen molar-refractivity contribution in [3.63, 3.8) is 0 Å². The highest BCUT2D eigenvalue weighted by Gasteiger charge is 2.30. The summed E-state index contributed by atoms with van der Waals surface area (Å²) in [5.74, 6) is -0.660. The van der Waals surface area contributed by atoms with E-state index in [4.69, 9.17) is 4.74 Å². The third-order valence-electron chi connectivity index (χ3n) is 4.53. The van der Waals surface area contributed by atoms with Gasteiger partial charge in [-0.3, -0.25) is 4.31 Å². The molecule has 6 nitrogen and oxygen atoms in total. The molecular formula is C22H21NO5S. The van der Waals surface area contributed by atoms with Crippen molar-refractivity contribution < 1.29 is 23.1 Å². The number of methoxy groups -OCH3 is 1. The molecule has 0 heterocycles. The van der Waals surface area contributed by atoms with E-state index in [0.717, 1.165) is 9.87 Å². The summed E-state index contributed by atoms with van der Waals surface area (Å²) < 4.78 is 33.4. The Morgan fingerprint density at radius 3 is 2.21 bits per heavy atom. The molecule has 3 aromatic carbocycles. The van der Waals surface area contributed by atoms with Gasteiger partial charge in [0.2, 0.25) is 0 Å². The van der Waals surface area contributed by atoms with Crippen LogP contribution in [0.1, 0.15) is 21.5 Å². The van der Waals surface area contributed by atoms with Gasteiger partial charge in [0, 0.05) is 0 Å². The second-order valence-electron chi connectivity index (χ2n) is 6.45. The largest absolute Gasteiger partial charge is 0.497 e. The Hall–Kier alpha value is -3.32. The van der Waals surface area contributed by atoms with Crippen LogP contribution in [0.5, 0.6) is 5.75 Å². The number of ether oxygens (including phenoxy) is 1. The summed E-state index contributed by atoms with van der Waals surface area (Å²) in [5, 5.41) is 9.67. The van der Waals surface area contributed by atoms with Crippen molar-refractivity contribution in [2.75, 3.05) is 11.4 Å². The molecule has 0 saturated heterocycles. The van der Waals surface area contributed by atoms with Crippen LogP contribution in [-0.2, 0) is 16.6 Å². The number of carbonyl (C=O) groups is 1. The number of hydrogen-bond acceptors (Lipinski definition) is 4. The molecule has 0 aliphatic carbocycles. The lowest BCUT2D eigenvalue weighted by molar-refractivity contribution is 0.0697. The number of anilines is 1. The van der Waals surface area contributed by atoms with Gasteiger partial charge in [-0.15, -0.1) is 0 Å². The Kier molecular flexibility index (Phi) is 5.89. The Morgan fingerprint density at radius 2 is 1.62 bits per heavy atom. The summed E-state index contributed by atoms with van der Waals surface area (Å²) in [6, 6.07) is 19.8. The number of hydrogen-bond donors (Lipinski definition) is 1. The molecule has 0 saturated carbocycles. The lowest BCUT2D eigenvalue weighted by Crippen LogP contribution is -2.32. The zero-order valence-electron chi connectivity index (χ0n) is 16.1. The molecule has 0 aliphatic heterocycles. The van der Waals surface area contributed by atoms with Crippen LogP contribution in [0.3, 0.4) is 0 Å². The summed E-state index contributed by atoms with van der Waals surface area (Å²) in [6.45, 7) is 1.70. The van der Waals surface area contributed by atoms with Gasteiger partial charge < -0.3 is 9.84 Å². The Balaban J connectivity index is 2.20. The molecule has 1 N–H and O–H groups in total. The van der Waals surface area contributed by atoms with Gasteiger partial charge in [0.1, 0.15) is 5.75 Å². The lowest BCUT2D eigenvalue weighted by Gasteiger charge is -2.27. The minimum absolute atomic E-state index is 0.000333. The molecule has 0 bridgehead atoms. The summed E-state index contributed by atoms with van der Waals surface area (Å²) >= 11 is 0. The first-order chi connectivity index (χ1) is 13.8. The molecular weight excluding hydrogens is 390 g/mol. The van der Waals surface area contributed by atoms with E-state index in [1.807, 2.05) is 18.2 Å². The van der Waals surface area contributed by atoms with Crippen molar-refractivity contribution in [3.05, 3.63) is 89.5 Å². The zero-order valence-corrected chi connectivity index (χ0v) is 16.9. The second kappa shape index (κ2) is 8.36. The Bertz CT molecular complexity index is 1110. The van der Waals surface area contributed by atoms with Gasteiger partial charge in [0.15, 0.2) is 0 Å². The fraction of sp³-hybridized carbons (Fsp3) is 0.136. The second-order valence-corrected chi connectivity index (χ2v) is 8.31. The maximum atomic E-state index is 13.6. The van der Waals surface area contributed by atoms with Crippen molar-refractivity contribution in [2.45, 2.75) is 18.4 Å². The smallest absolute Gasteiger partial charge is 0.337 e. The van der Waals surface area contributed by atoms with Gasteiger partial charge in [-0.2, -0.15) is 0 Å². The van der Waals surface area contributed by atoms with Crippen LogP contribution in [-0.4, -0.2) is 26.6 Å².